The van der Waals surface area contributed by atoms with Crippen molar-refractivity contribution in [1.29, 1.82) is 0 Å². The van der Waals surface area contributed by atoms with E-state index in [0.29, 0.717) is 24.8 Å². The zero-order valence-electron chi connectivity index (χ0n) is 12.7. The lowest BCUT2D eigenvalue weighted by atomic mass is 10.1. The van der Waals surface area contributed by atoms with Crippen molar-refractivity contribution in [2.75, 3.05) is 6.54 Å². The van der Waals surface area contributed by atoms with Gasteiger partial charge in [-0.1, -0.05) is 12.8 Å². The Morgan fingerprint density at radius 2 is 2.00 bits per heavy atom. The van der Waals surface area contributed by atoms with Gasteiger partial charge >= 0.3 is 6.18 Å². The van der Waals surface area contributed by atoms with Crippen molar-refractivity contribution in [1.82, 2.24) is 9.88 Å². The summed E-state index contributed by atoms with van der Waals surface area (Å²) in [6.07, 6.45) is -1.83. The largest absolute Gasteiger partial charge is 0.408 e. The first-order valence-corrected chi connectivity index (χ1v) is 7.36. The molecule has 0 aromatic carbocycles. The number of rotatable bonds is 2. The summed E-state index contributed by atoms with van der Waals surface area (Å²) in [5, 5.41) is 0. The van der Waals surface area contributed by atoms with Crippen LogP contribution in [0.25, 0.3) is 0 Å². The van der Waals surface area contributed by atoms with Crippen LogP contribution < -0.4 is 5.73 Å². The van der Waals surface area contributed by atoms with Gasteiger partial charge in [0.2, 0.25) is 0 Å². The molecule has 1 aromatic heterocycles. The fourth-order valence-electron chi connectivity index (χ4n) is 2.77. The highest BCUT2D eigenvalue weighted by Crippen LogP contribution is 2.32. The Kier molecular flexibility index (Phi) is 4.91. The Hall–Kier alpha value is -2.12. The number of carbonyl (C=O) groups excluding carboxylic acids is 2. The Balaban J connectivity index is 2.33. The second-order valence-corrected chi connectivity index (χ2v) is 5.65. The van der Waals surface area contributed by atoms with Crippen molar-refractivity contribution in [2.45, 2.75) is 44.8 Å². The van der Waals surface area contributed by atoms with Crippen molar-refractivity contribution < 1.29 is 22.8 Å². The van der Waals surface area contributed by atoms with E-state index in [4.69, 9.17) is 5.73 Å². The molecule has 8 heteroatoms. The molecule has 2 rings (SSSR count). The molecule has 1 aromatic rings. The Morgan fingerprint density at radius 3 is 2.57 bits per heavy atom. The molecule has 5 nitrogen and oxygen atoms in total. The summed E-state index contributed by atoms with van der Waals surface area (Å²) in [6.45, 7) is 1.60. The molecular formula is C15H18F3N3O2. The lowest BCUT2D eigenvalue weighted by Gasteiger charge is -2.31. The number of amides is 2. The van der Waals surface area contributed by atoms with Crippen molar-refractivity contribution in [3.63, 3.8) is 0 Å². The number of alkyl halides is 3. The first kappa shape index (κ1) is 17.2. The van der Waals surface area contributed by atoms with Crippen LogP contribution in [0, 0.1) is 6.92 Å². The van der Waals surface area contributed by atoms with Crippen molar-refractivity contribution >= 4 is 11.8 Å². The predicted molar refractivity (Wildman–Crippen MR) is 76.8 cm³/mol. The monoisotopic (exact) mass is 329 g/mol. The summed E-state index contributed by atoms with van der Waals surface area (Å²) in [5.41, 5.74) is 5.61. The van der Waals surface area contributed by atoms with Crippen molar-refractivity contribution in [3.05, 3.63) is 29.1 Å². The van der Waals surface area contributed by atoms with E-state index in [0.717, 1.165) is 11.1 Å². The minimum Gasteiger partial charge on any atom is -0.366 e. The van der Waals surface area contributed by atoms with Gasteiger partial charge in [-0.3, -0.25) is 14.6 Å². The van der Waals surface area contributed by atoms with E-state index in [9.17, 15) is 22.8 Å². The first-order chi connectivity index (χ1) is 10.7. The standard InChI is InChI=1S/C15H18F3N3O2/c1-9-7-11(20-8-10(9)13(19)22)14(23)21-6-4-2-3-5-12(21)15(16,17)18/h7-8,12H,2-6H2,1H3,(H2,19,22). The van der Waals surface area contributed by atoms with E-state index in [-0.39, 0.29) is 24.2 Å². The number of aromatic nitrogens is 1. The molecule has 0 aliphatic carbocycles. The molecule has 0 spiro atoms. The number of nitrogens with two attached hydrogens (primary N) is 1. The minimum atomic E-state index is -4.47. The molecule has 0 saturated carbocycles. The van der Waals surface area contributed by atoms with E-state index >= 15 is 0 Å². The molecule has 1 fully saturated rings. The third kappa shape index (κ3) is 3.80. The van der Waals surface area contributed by atoms with Gasteiger partial charge in [-0.05, 0) is 31.4 Å². The van der Waals surface area contributed by atoms with Crippen LogP contribution in [0.1, 0.15) is 52.1 Å². The van der Waals surface area contributed by atoms with Crippen LogP contribution in [0.2, 0.25) is 0 Å². The summed E-state index contributed by atoms with van der Waals surface area (Å²) in [5.74, 6) is -1.47. The maximum atomic E-state index is 13.2. The number of nitrogens with zero attached hydrogens (tertiary/aromatic N) is 2. The van der Waals surface area contributed by atoms with Gasteiger partial charge in [-0.2, -0.15) is 13.2 Å². The molecule has 1 unspecified atom stereocenters. The second-order valence-electron chi connectivity index (χ2n) is 5.65. The maximum absolute atomic E-state index is 13.2. The Morgan fingerprint density at radius 1 is 1.30 bits per heavy atom. The van der Waals surface area contributed by atoms with Crippen LogP contribution in [0.15, 0.2) is 12.3 Å². The highest BCUT2D eigenvalue weighted by atomic mass is 19.4. The molecule has 1 atom stereocenters. The van der Waals surface area contributed by atoms with Crippen LogP contribution in [-0.4, -0.2) is 40.5 Å². The summed E-state index contributed by atoms with van der Waals surface area (Å²) in [4.78, 5) is 28.3. The quantitative estimate of drug-likeness (QED) is 0.905. The van der Waals surface area contributed by atoms with Gasteiger partial charge in [-0.15, -0.1) is 0 Å². The van der Waals surface area contributed by atoms with Gasteiger partial charge in [0.25, 0.3) is 11.8 Å². The molecule has 1 saturated heterocycles. The van der Waals surface area contributed by atoms with Crippen LogP contribution in [0.5, 0.6) is 0 Å². The number of hydrogen-bond acceptors (Lipinski definition) is 3. The highest BCUT2D eigenvalue weighted by molar-refractivity contribution is 5.96. The first-order valence-electron chi connectivity index (χ1n) is 7.36. The Labute approximate surface area is 131 Å². The van der Waals surface area contributed by atoms with E-state index in [1.165, 1.54) is 6.07 Å². The third-order valence-electron chi connectivity index (χ3n) is 3.99. The summed E-state index contributed by atoms with van der Waals surface area (Å²) >= 11 is 0. The average Bonchev–Trinajstić information content (AvgIpc) is 2.71. The molecule has 126 valence electrons. The number of hydrogen-bond donors (Lipinski definition) is 1. The van der Waals surface area contributed by atoms with Gasteiger partial charge in [0.1, 0.15) is 11.7 Å². The highest BCUT2D eigenvalue weighted by Gasteiger charge is 2.45. The smallest absolute Gasteiger partial charge is 0.366 e. The van der Waals surface area contributed by atoms with Crippen LogP contribution in [-0.2, 0) is 0 Å². The molecule has 0 bridgehead atoms. The fourth-order valence-corrected chi connectivity index (χ4v) is 2.77. The Bertz CT molecular complexity index is 616. The molecule has 2 N–H and O–H groups in total. The predicted octanol–water partition coefficient (Wildman–Crippen LogP) is 2.44. The van der Waals surface area contributed by atoms with Crippen LogP contribution in [0.3, 0.4) is 0 Å². The molecule has 23 heavy (non-hydrogen) atoms. The summed E-state index contributed by atoms with van der Waals surface area (Å²) in [7, 11) is 0. The number of primary amides is 1. The normalized spacial score (nSPS) is 19.3. The number of pyridine rings is 1. The minimum absolute atomic E-state index is 0.0430. The zero-order valence-corrected chi connectivity index (χ0v) is 12.7. The van der Waals surface area contributed by atoms with Gasteiger partial charge in [0.15, 0.2) is 0 Å². The SMILES string of the molecule is Cc1cc(C(=O)N2CCCCCC2C(F)(F)F)ncc1C(N)=O. The van der Waals surface area contributed by atoms with Crippen LogP contribution in [0.4, 0.5) is 13.2 Å². The second kappa shape index (κ2) is 6.55. The van der Waals surface area contributed by atoms with Gasteiger partial charge in [0, 0.05) is 12.7 Å². The molecule has 0 radical (unpaired) electrons. The lowest BCUT2D eigenvalue weighted by molar-refractivity contribution is -0.177. The van der Waals surface area contributed by atoms with Crippen molar-refractivity contribution in [2.24, 2.45) is 5.73 Å². The molecule has 1 aliphatic rings. The topological polar surface area (TPSA) is 76.3 Å². The number of aryl methyl sites for hydroxylation is 1. The van der Waals surface area contributed by atoms with Gasteiger partial charge in [0.05, 0.1) is 5.56 Å². The van der Waals surface area contributed by atoms with Gasteiger partial charge < -0.3 is 10.6 Å². The molecule has 2 amide bonds. The van der Waals surface area contributed by atoms with E-state index in [2.05, 4.69) is 4.98 Å². The van der Waals surface area contributed by atoms with E-state index < -0.39 is 24.0 Å². The van der Waals surface area contributed by atoms with E-state index in [1.54, 1.807) is 6.92 Å². The van der Waals surface area contributed by atoms with Crippen molar-refractivity contribution in [3.8, 4) is 0 Å². The van der Waals surface area contributed by atoms with E-state index in [1.807, 2.05) is 0 Å². The maximum Gasteiger partial charge on any atom is 0.408 e. The summed E-state index contributed by atoms with van der Waals surface area (Å²) < 4.78 is 39.7. The average molecular weight is 329 g/mol. The molecule has 2 heterocycles. The lowest BCUT2D eigenvalue weighted by Crippen LogP contribution is -2.48. The summed E-state index contributed by atoms with van der Waals surface area (Å²) in [6, 6.07) is -0.490. The van der Waals surface area contributed by atoms with Crippen LogP contribution >= 0.6 is 0 Å². The number of carbonyl (C=O) groups is 2. The third-order valence-corrected chi connectivity index (χ3v) is 3.99. The number of halogens is 3. The zero-order chi connectivity index (χ0) is 17.2. The molecule has 1 aliphatic heterocycles. The van der Waals surface area contributed by atoms with Gasteiger partial charge in [-0.25, -0.2) is 0 Å². The number of likely N-dealkylation sites (tertiary alicyclic amines) is 1. The fraction of sp³-hybridized carbons (Fsp3) is 0.533. The molecular weight excluding hydrogens is 311 g/mol.